The minimum absolute atomic E-state index is 0.572. The van der Waals surface area contributed by atoms with Crippen molar-refractivity contribution < 1.29 is 0 Å². The van der Waals surface area contributed by atoms with Crippen molar-refractivity contribution in [3.8, 4) is 0 Å². The highest BCUT2D eigenvalue weighted by molar-refractivity contribution is 14.1. The van der Waals surface area contributed by atoms with Gasteiger partial charge in [0.25, 0.3) is 0 Å². The van der Waals surface area contributed by atoms with Crippen molar-refractivity contribution in [2.75, 3.05) is 0 Å². The Morgan fingerprint density at radius 1 is 1.12 bits per heavy atom. The number of rotatable bonds is 5. The molecule has 1 aliphatic rings. The minimum Gasteiger partial charge on any atom is -0.0785 e. The maximum atomic E-state index is 2.76. The lowest BCUT2D eigenvalue weighted by Gasteiger charge is -2.36. The normalized spacial score (nSPS) is 31.2. The van der Waals surface area contributed by atoms with Gasteiger partial charge in [-0.15, -0.1) is 0 Å². The summed E-state index contributed by atoms with van der Waals surface area (Å²) in [6.07, 6.45) is 11.2. The molecule has 0 saturated heterocycles. The van der Waals surface area contributed by atoms with E-state index in [0.717, 1.165) is 5.92 Å². The highest BCUT2D eigenvalue weighted by Gasteiger charge is 2.32. The van der Waals surface area contributed by atoms with Gasteiger partial charge in [-0.05, 0) is 58.3 Å². The summed E-state index contributed by atoms with van der Waals surface area (Å²) in [6, 6.07) is 0. The van der Waals surface area contributed by atoms with Crippen LogP contribution in [0.1, 0.15) is 79.1 Å². The molecule has 1 fully saturated rings. The van der Waals surface area contributed by atoms with Crippen molar-refractivity contribution >= 4 is 22.6 Å². The van der Waals surface area contributed by atoms with Gasteiger partial charge in [0.1, 0.15) is 0 Å². The monoisotopic (exact) mass is 348 g/mol. The Kier molecular flexibility index (Phi) is 6.54. The number of hydrogen-bond acceptors (Lipinski definition) is 0. The molecule has 0 aromatic rings. The van der Waals surface area contributed by atoms with E-state index in [9.17, 15) is 0 Å². The average molecular weight is 348 g/mol. The van der Waals surface area contributed by atoms with Crippen LogP contribution in [0.15, 0.2) is 11.1 Å². The largest absolute Gasteiger partial charge is 0.0785 e. The molecule has 0 aromatic carbocycles. The highest BCUT2D eigenvalue weighted by atomic mass is 127. The standard InChI is InChI=1S/C16H29I/c1-5-7-15-8-10-16(17,11-9-15)12-14(4)13(3)6-2/h15H,5-12H2,1-4H3/b14-13+. The van der Waals surface area contributed by atoms with Gasteiger partial charge in [-0.2, -0.15) is 0 Å². The summed E-state index contributed by atoms with van der Waals surface area (Å²) in [5, 5.41) is 0. The predicted molar refractivity (Wildman–Crippen MR) is 86.9 cm³/mol. The summed E-state index contributed by atoms with van der Waals surface area (Å²) >= 11 is 2.76. The Hall–Kier alpha value is 0.470. The smallest absolute Gasteiger partial charge is 0.0259 e. The maximum absolute atomic E-state index is 2.76. The first-order valence-corrected chi connectivity index (χ1v) is 8.42. The van der Waals surface area contributed by atoms with Gasteiger partial charge in [0.05, 0.1) is 0 Å². The molecule has 17 heavy (non-hydrogen) atoms. The van der Waals surface area contributed by atoms with Crippen LogP contribution in [0.25, 0.3) is 0 Å². The van der Waals surface area contributed by atoms with Crippen LogP contribution in [0, 0.1) is 5.92 Å². The van der Waals surface area contributed by atoms with E-state index in [-0.39, 0.29) is 0 Å². The van der Waals surface area contributed by atoms with Gasteiger partial charge in [0, 0.05) is 3.42 Å². The van der Waals surface area contributed by atoms with Gasteiger partial charge in [-0.3, -0.25) is 0 Å². The van der Waals surface area contributed by atoms with Crippen molar-refractivity contribution in [2.24, 2.45) is 5.92 Å². The molecule has 0 aromatic heterocycles. The van der Waals surface area contributed by atoms with E-state index >= 15 is 0 Å². The summed E-state index contributed by atoms with van der Waals surface area (Å²) in [4.78, 5) is 0. The van der Waals surface area contributed by atoms with Crippen molar-refractivity contribution in [1.29, 1.82) is 0 Å². The highest BCUT2D eigenvalue weighted by Crippen LogP contribution is 2.44. The third-order valence-corrected chi connectivity index (χ3v) is 6.00. The topological polar surface area (TPSA) is 0 Å². The van der Waals surface area contributed by atoms with E-state index in [0.29, 0.717) is 3.42 Å². The van der Waals surface area contributed by atoms with Gasteiger partial charge in [-0.25, -0.2) is 0 Å². The second kappa shape index (κ2) is 7.16. The zero-order chi connectivity index (χ0) is 12.9. The summed E-state index contributed by atoms with van der Waals surface area (Å²) in [5.74, 6) is 1.03. The molecule has 0 N–H and O–H groups in total. The Bertz CT molecular complexity index is 257. The Morgan fingerprint density at radius 3 is 2.18 bits per heavy atom. The molecule has 0 aliphatic heterocycles. The Labute approximate surface area is 122 Å². The van der Waals surface area contributed by atoms with Crippen LogP contribution in [-0.2, 0) is 0 Å². The fraction of sp³-hybridized carbons (Fsp3) is 0.875. The van der Waals surface area contributed by atoms with E-state index in [1.807, 2.05) is 0 Å². The van der Waals surface area contributed by atoms with E-state index < -0.39 is 0 Å². The lowest BCUT2D eigenvalue weighted by Crippen LogP contribution is -2.28. The summed E-state index contributed by atoms with van der Waals surface area (Å²) in [6.45, 7) is 9.25. The van der Waals surface area contributed by atoms with E-state index in [1.165, 1.54) is 51.4 Å². The van der Waals surface area contributed by atoms with Crippen molar-refractivity contribution in [1.82, 2.24) is 0 Å². The molecule has 1 rings (SSSR count). The van der Waals surface area contributed by atoms with Crippen LogP contribution < -0.4 is 0 Å². The summed E-state index contributed by atoms with van der Waals surface area (Å²) in [5.41, 5.74) is 3.26. The zero-order valence-corrected chi connectivity index (χ0v) is 14.3. The van der Waals surface area contributed by atoms with Gasteiger partial charge in [0.2, 0.25) is 0 Å². The second-order valence-corrected chi connectivity index (χ2v) is 8.26. The average Bonchev–Trinajstić information content (AvgIpc) is 2.31. The quantitative estimate of drug-likeness (QED) is 0.311. The molecule has 0 nitrogen and oxygen atoms in total. The van der Waals surface area contributed by atoms with Crippen LogP contribution in [0.3, 0.4) is 0 Å². The Morgan fingerprint density at radius 2 is 1.71 bits per heavy atom. The lowest BCUT2D eigenvalue weighted by molar-refractivity contribution is 0.294. The first kappa shape index (κ1) is 15.5. The molecular weight excluding hydrogens is 319 g/mol. The summed E-state index contributed by atoms with van der Waals surface area (Å²) < 4.78 is 0.572. The predicted octanol–water partition coefficient (Wildman–Crippen LogP) is 6.29. The molecule has 1 saturated carbocycles. The summed E-state index contributed by atoms with van der Waals surface area (Å²) in [7, 11) is 0. The van der Waals surface area contributed by atoms with Gasteiger partial charge in [0.15, 0.2) is 0 Å². The first-order valence-electron chi connectivity index (χ1n) is 7.35. The fourth-order valence-corrected chi connectivity index (χ4v) is 4.19. The lowest BCUT2D eigenvalue weighted by atomic mass is 9.77. The zero-order valence-electron chi connectivity index (χ0n) is 12.1. The molecule has 1 heteroatoms. The van der Waals surface area contributed by atoms with Crippen LogP contribution in [0.4, 0.5) is 0 Å². The second-order valence-electron chi connectivity index (χ2n) is 5.97. The Balaban J connectivity index is 2.50. The molecule has 0 radical (unpaired) electrons. The van der Waals surface area contributed by atoms with Crippen molar-refractivity contribution in [3.63, 3.8) is 0 Å². The van der Waals surface area contributed by atoms with E-state index in [1.54, 1.807) is 11.1 Å². The molecule has 0 amide bonds. The number of alkyl halides is 1. The van der Waals surface area contributed by atoms with Gasteiger partial charge >= 0.3 is 0 Å². The molecule has 0 bridgehead atoms. The van der Waals surface area contributed by atoms with Crippen molar-refractivity contribution in [2.45, 2.75) is 82.5 Å². The molecule has 0 unspecified atom stereocenters. The molecule has 100 valence electrons. The van der Waals surface area contributed by atoms with E-state index in [4.69, 9.17) is 0 Å². The number of hydrogen-bond donors (Lipinski definition) is 0. The minimum atomic E-state index is 0.572. The maximum Gasteiger partial charge on any atom is 0.0259 e. The molecule has 0 heterocycles. The molecule has 1 aliphatic carbocycles. The van der Waals surface area contributed by atoms with Gasteiger partial charge < -0.3 is 0 Å². The molecular formula is C16H29I. The fourth-order valence-electron chi connectivity index (χ4n) is 3.00. The SMILES string of the molecule is CCCC1CCC(I)(C/C(C)=C(\C)CC)CC1. The van der Waals surface area contributed by atoms with E-state index in [2.05, 4.69) is 50.3 Å². The molecule has 0 spiro atoms. The van der Waals surface area contributed by atoms with Crippen LogP contribution in [0.2, 0.25) is 0 Å². The molecule has 0 atom stereocenters. The van der Waals surface area contributed by atoms with Gasteiger partial charge in [-0.1, -0.05) is 60.4 Å². The van der Waals surface area contributed by atoms with Crippen LogP contribution in [0.5, 0.6) is 0 Å². The number of allylic oxidation sites excluding steroid dienone is 2. The van der Waals surface area contributed by atoms with Crippen molar-refractivity contribution in [3.05, 3.63) is 11.1 Å². The first-order chi connectivity index (χ1) is 8.00. The third kappa shape index (κ3) is 4.92. The van der Waals surface area contributed by atoms with Crippen LogP contribution in [-0.4, -0.2) is 3.42 Å². The third-order valence-electron chi connectivity index (χ3n) is 4.54. The van der Waals surface area contributed by atoms with Crippen LogP contribution >= 0.6 is 22.6 Å². The number of halogens is 1.